The smallest absolute Gasteiger partial charge is 0.308 e. The largest absolute Gasteiger partial charge is 0.352 e. The maximum Gasteiger partial charge on any atom is 0.352 e. The molecule has 0 bridgehead atoms. The number of nitrogens with zero attached hydrogens (tertiary/aromatic N) is 1. The Kier molecular flexibility index (Phi) is 7.67. The molecule has 0 aliphatic heterocycles. The van der Waals surface area contributed by atoms with Crippen molar-refractivity contribution < 1.29 is 27.0 Å². The number of hydrogen-bond acceptors (Lipinski definition) is 7. The molecule has 2 rings (SSSR count). The fourth-order valence-electron chi connectivity index (χ4n) is 2.57. The lowest BCUT2D eigenvalue weighted by molar-refractivity contribution is -0.384. The second-order valence-electron chi connectivity index (χ2n) is 6.06. The van der Waals surface area contributed by atoms with E-state index in [4.69, 9.17) is 9.05 Å². The van der Waals surface area contributed by atoms with Crippen molar-refractivity contribution in [2.75, 3.05) is 13.2 Å². The summed E-state index contributed by atoms with van der Waals surface area (Å²) < 4.78 is 52.3. The zero-order chi connectivity index (χ0) is 21.7. The molecular weight excluding hydrogens is 419 g/mol. The van der Waals surface area contributed by atoms with Gasteiger partial charge < -0.3 is 9.05 Å². The van der Waals surface area contributed by atoms with Crippen LogP contribution in [-0.2, 0) is 23.6 Å². The molecule has 0 saturated carbocycles. The average molecular weight is 442 g/mol. The molecule has 0 spiro atoms. The molecule has 29 heavy (non-hydrogen) atoms. The third kappa shape index (κ3) is 5.71. The van der Waals surface area contributed by atoms with Crippen molar-refractivity contribution >= 4 is 23.3 Å². The Morgan fingerprint density at radius 1 is 1.03 bits per heavy atom. The van der Waals surface area contributed by atoms with Crippen molar-refractivity contribution in [1.82, 2.24) is 4.72 Å². The van der Waals surface area contributed by atoms with Gasteiger partial charge in [0.05, 0.1) is 23.0 Å². The molecule has 0 aromatic heterocycles. The van der Waals surface area contributed by atoms with E-state index in [0.717, 1.165) is 5.56 Å². The predicted molar refractivity (Wildman–Crippen MR) is 108 cm³/mol. The van der Waals surface area contributed by atoms with Gasteiger partial charge in [-0.2, -0.15) is 4.72 Å². The zero-order valence-corrected chi connectivity index (χ0v) is 18.0. The molecular formula is C18H23N2O7PS. The maximum atomic E-state index is 13.4. The number of nitro groups is 1. The van der Waals surface area contributed by atoms with Gasteiger partial charge in [-0.3, -0.25) is 14.7 Å². The molecule has 2 aromatic carbocycles. The Balaban J connectivity index is 2.52. The first-order valence-corrected chi connectivity index (χ1v) is 11.9. The first-order valence-electron chi connectivity index (χ1n) is 8.85. The molecule has 158 valence electrons. The molecule has 2 aromatic rings. The predicted octanol–water partition coefficient (Wildman–Crippen LogP) is 4.15. The first kappa shape index (κ1) is 23.2. The minimum Gasteiger partial charge on any atom is -0.308 e. The average Bonchev–Trinajstić information content (AvgIpc) is 2.67. The quantitative estimate of drug-likeness (QED) is 0.333. The van der Waals surface area contributed by atoms with Gasteiger partial charge in [0.1, 0.15) is 5.78 Å². The molecule has 1 atom stereocenters. The number of aryl methyl sites for hydroxylation is 1. The summed E-state index contributed by atoms with van der Waals surface area (Å²) in [4.78, 5) is 10.3. The highest BCUT2D eigenvalue weighted by atomic mass is 32.2. The van der Waals surface area contributed by atoms with Crippen LogP contribution in [0.25, 0.3) is 0 Å². The second kappa shape index (κ2) is 9.60. The highest BCUT2D eigenvalue weighted by Gasteiger charge is 2.40. The van der Waals surface area contributed by atoms with Crippen LogP contribution in [0.1, 0.15) is 30.8 Å². The van der Waals surface area contributed by atoms with Gasteiger partial charge in [0, 0.05) is 12.1 Å². The third-order valence-corrected chi connectivity index (χ3v) is 7.86. The van der Waals surface area contributed by atoms with Crippen LogP contribution >= 0.6 is 7.60 Å². The summed E-state index contributed by atoms with van der Waals surface area (Å²) in [6.45, 7) is 5.07. The Morgan fingerprint density at radius 2 is 1.55 bits per heavy atom. The van der Waals surface area contributed by atoms with Crippen molar-refractivity contribution in [3.05, 3.63) is 69.8 Å². The molecule has 0 aliphatic carbocycles. The number of non-ortho nitro benzene ring substituents is 1. The van der Waals surface area contributed by atoms with Gasteiger partial charge >= 0.3 is 7.60 Å². The van der Waals surface area contributed by atoms with Gasteiger partial charge in [-0.15, -0.1) is 0 Å². The SMILES string of the molecule is CCOP(=O)(OCC)C(NS(=O)(=O)c1ccc(C)cc1)c1ccc([N+](=O)[O-])cc1. The lowest BCUT2D eigenvalue weighted by Gasteiger charge is -2.27. The van der Waals surface area contributed by atoms with Crippen LogP contribution in [-0.4, -0.2) is 26.6 Å². The van der Waals surface area contributed by atoms with Crippen LogP contribution in [0.4, 0.5) is 5.69 Å². The van der Waals surface area contributed by atoms with Crippen LogP contribution in [0.15, 0.2) is 53.4 Å². The minimum atomic E-state index is -4.09. The molecule has 1 N–H and O–H groups in total. The number of nitro benzene ring substituents is 1. The Morgan fingerprint density at radius 3 is 2.00 bits per heavy atom. The van der Waals surface area contributed by atoms with Gasteiger partial charge in [0.2, 0.25) is 10.0 Å². The molecule has 11 heteroatoms. The Bertz CT molecular complexity index is 982. The molecule has 1 unspecified atom stereocenters. The first-order chi connectivity index (χ1) is 13.6. The monoisotopic (exact) mass is 442 g/mol. The Labute approximate surface area is 169 Å². The van der Waals surface area contributed by atoms with Crippen molar-refractivity contribution in [1.29, 1.82) is 0 Å². The molecule has 0 aliphatic rings. The fourth-order valence-corrected chi connectivity index (χ4v) is 6.20. The zero-order valence-electron chi connectivity index (χ0n) is 16.3. The number of benzene rings is 2. The van der Waals surface area contributed by atoms with Gasteiger partial charge in [-0.1, -0.05) is 17.7 Å². The molecule has 9 nitrogen and oxygen atoms in total. The molecule has 0 saturated heterocycles. The summed E-state index contributed by atoms with van der Waals surface area (Å²) in [6.07, 6.45) is 0. The standard InChI is InChI=1S/C18H23N2O7PS/c1-4-26-28(23,27-5-2)18(15-8-10-16(11-9-15)20(21)22)19-29(24,25)17-12-6-14(3)7-13-17/h6-13,18-19H,4-5H2,1-3H3. The summed E-state index contributed by atoms with van der Waals surface area (Å²) in [7, 11) is -8.06. The summed E-state index contributed by atoms with van der Waals surface area (Å²) >= 11 is 0. The van der Waals surface area contributed by atoms with E-state index in [1.165, 1.54) is 36.4 Å². The third-order valence-electron chi connectivity index (χ3n) is 3.95. The van der Waals surface area contributed by atoms with E-state index in [1.54, 1.807) is 26.0 Å². The van der Waals surface area contributed by atoms with Gasteiger partial charge in [0.15, 0.2) is 0 Å². The van der Waals surface area contributed by atoms with Crippen LogP contribution < -0.4 is 4.72 Å². The van der Waals surface area contributed by atoms with Crippen molar-refractivity contribution in [3.63, 3.8) is 0 Å². The number of hydrogen-bond donors (Lipinski definition) is 1. The highest BCUT2D eigenvalue weighted by molar-refractivity contribution is 7.89. The maximum absolute atomic E-state index is 13.4. The molecule has 0 amide bonds. The fraction of sp³-hybridized carbons (Fsp3) is 0.333. The summed E-state index contributed by atoms with van der Waals surface area (Å²) in [5.74, 6) is -1.38. The van der Waals surface area contributed by atoms with Gasteiger partial charge in [-0.25, -0.2) is 8.42 Å². The van der Waals surface area contributed by atoms with E-state index >= 15 is 0 Å². The van der Waals surface area contributed by atoms with E-state index in [1.807, 2.05) is 6.92 Å². The van der Waals surface area contributed by atoms with Crippen molar-refractivity contribution in [2.45, 2.75) is 31.4 Å². The molecule has 0 radical (unpaired) electrons. The second-order valence-corrected chi connectivity index (χ2v) is 9.89. The van der Waals surface area contributed by atoms with E-state index in [-0.39, 0.29) is 29.4 Å². The van der Waals surface area contributed by atoms with E-state index in [9.17, 15) is 23.1 Å². The lowest BCUT2D eigenvalue weighted by Crippen LogP contribution is -2.30. The van der Waals surface area contributed by atoms with E-state index in [2.05, 4.69) is 4.72 Å². The lowest BCUT2D eigenvalue weighted by atomic mass is 10.2. The minimum absolute atomic E-state index is 0.0189. The number of sulfonamides is 1. The highest BCUT2D eigenvalue weighted by Crippen LogP contribution is 2.60. The molecule has 0 fully saturated rings. The van der Waals surface area contributed by atoms with E-state index < -0.39 is 28.3 Å². The van der Waals surface area contributed by atoms with Gasteiger partial charge in [-0.05, 0) is 50.6 Å². The van der Waals surface area contributed by atoms with Crippen molar-refractivity contribution in [3.8, 4) is 0 Å². The topological polar surface area (TPSA) is 125 Å². The number of rotatable bonds is 10. The Hall–Kier alpha value is -2.10. The summed E-state index contributed by atoms with van der Waals surface area (Å²) in [5.41, 5.74) is 0.915. The van der Waals surface area contributed by atoms with Crippen LogP contribution in [0.3, 0.4) is 0 Å². The van der Waals surface area contributed by atoms with Crippen LogP contribution in [0, 0.1) is 17.0 Å². The van der Waals surface area contributed by atoms with Crippen LogP contribution in [0.2, 0.25) is 0 Å². The summed E-state index contributed by atoms with van der Waals surface area (Å²) in [5, 5.41) is 10.9. The van der Waals surface area contributed by atoms with Crippen LogP contribution in [0.5, 0.6) is 0 Å². The summed E-state index contributed by atoms with van der Waals surface area (Å²) in [6, 6.07) is 11.2. The van der Waals surface area contributed by atoms with Gasteiger partial charge in [0.25, 0.3) is 5.69 Å². The normalized spacial score (nSPS) is 13.2. The number of nitrogens with one attached hydrogen (secondary N) is 1. The van der Waals surface area contributed by atoms with Crippen molar-refractivity contribution in [2.24, 2.45) is 0 Å². The molecule has 0 heterocycles. The van der Waals surface area contributed by atoms with E-state index in [0.29, 0.717) is 0 Å².